The van der Waals surface area contributed by atoms with Crippen molar-refractivity contribution in [3.63, 3.8) is 0 Å². The maximum absolute atomic E-state index is 3.38. The molecule has 0 aliphatic carbocycles. The Bertz CT molecular complexity index is 25.2. The van der Waals surface area contributed by atoms with Crippen LogP contribution in [0, 0.1) is 0 Å². The van der Waals surface area contributed by atoms with Gasteiger partial charge in [0.2, 0.25) is 5.54 Å². The number of hydrogen-bond donors (Lipinski definition) is 0. The summed E-state index contributed by atoms with van der Waals surface area (Å²) in [7, 11) is 0. The van der Waals surface area contributed by atoms with Crippen LogP contribution in [0.3, 0.4) is 0 Å². The van der Waals surface area contributed by atoms with Crippen LogP contribution in [0.5, 0.6) is 0 Å². The molecule has 0 spiro atoms. The first kappa shape index (κ1) is 2.76. The fourth-order valence-corrected chi connectivity index (χ4v) is 0.327. The van der Waals surface area contributed by atoms with Gasteiger partial charge in [0.1, 0.15) is 0 Å². The average molecular weight is 119 g/mol. The molecule has 0 aromatic carbocycles. The second-order valence-electron chi connectivity index (χ2n) is 1.17. The number of rotatable bonds is 0. The Morgan fingerprint density at radius 1 is 1.50 bits per heavy atom. The molecule has 1 saturated heterocycles. The Labute approximate surface area is 34.6 Å². The minimum atomic E-state index is 0.896. The van der Waals surface area contributed by atoms with Crippen LogP contribution in [-0.2, 0) is 0 Å². The molecule has 1 rings (SSSR count). The fraction of sp³-hybridized carbons (Fsp3) is 1.00. The highest BCUT2D eigenvalue weighted by Crippen LogP contribution is 2.25. The summed E-state index contributed by atoms with van der Waals surface area (Å²) in [6, 6.07) is 0. The molecular weight excluding hydrogens is 115 g/mol. The summed E-state index contributed by atoms with van der Waals surface area (Å²) in [5, 5.41) is 0. The highest BCUT2D eigenvalue weighted by molar-refractivity contribution is 9.25. The molecule has 0 unspecified atom stereocenters. The van der Waals surface area contributed by atoms with Gasteiger partial charge >= 0.3 is 0 Å². The van der Waals surface area contributed by atoms with E-state index in [-0.39, 0.29) is 0 Å². The summed E-state index contributed by atoms with van der Waals surface area (Å²) in [5.41, 5.74) is 0.896. The van der Waals surface area contributed by atoms with Gasteiger partial charge in [-0.25, -0.2) is 0 Å². The molecule has 0 saturated carbocycles. The zero-order valence-electron chi connectivity index (χ0n) is 2.37. The van der Waals surface area contributed by atoms with Crippen molar-refractivity contribution in [1.29, 1.82) is 0 Å². The van der Waals surface area contributed by atoms with Gasteiger partial charge in [-0.1, -0.05) is 12.6 Å². The van der Waals surface area contributed by atoms with Gasteiger partial charge in [-0.05, 0) is 0 Å². The molecule has 1 heterocycles. The maximum Gasteiger partial charge on any atom is 0.221 e. The van der Waals surface area contributed by atoms with Crippen LogP contribution >= 0.6 is 15.8 Å². The van der Waals surface area contributed by atoms with Gasteiger partial charge in [-0.15, -0.1) is 0 Å². The van der Waals surface area contributed by atoms with Crippen LogP contribution in [0.4, 0.5) is 0 Å². The molecule has 0 aromatic heterocycles. The molecular formula is C2H4BBr. The van der Waals surface area contributed by atoms with Crippen molar-refractivity contribution in [3.8, 4) is 0 Å². The van der Waals surface area contributed by atoms with Gasteiger partial charge < -0.3 is 0 Å². The molecule has 0 aromatic rings. The molecule has 1 aliphatic rings. The zero-order chi connectivity index (χ0) is 2.99. The predicted octanol–water partition coefficient (Wildman–Crippen LogP) is 1.39. The monoisotopic (exact) mass is 118 g/mol. The summed E-state index contributed by atoms with van der Waals surface area (Å²) >= 11 is 3.38. The standard InChI is InChI=1S/C2H4BBr/c4-3-1-2-3/h1-2H2. The number of hydrogen-bond acceptors (Lipinski definition) is 0. The molecule has 0 radical (unpaired) electrons. The highest BCUT2D eigenvalue weighted by Gasteiger charge is 2.21. The molecule has 0 N–H and O–H groups in total. The van der Waals surface area contributed by atoms with Crippen LogP contribution in [0.1, 0.15) is 0 Å². The molecule has 22 valence electrons. The molecule has 2 heteroatoms. The second kappa shape index (κ2) is 0.747. The summed E-state index contributed by atoms with van der Waals surface area (Å²) in [4.78, 5) is 0. The Hall–Kier alpha value is 0.545. The summed E-state index contributed by atoms with van der Waals surface area (Å²) < 4.78 is 0. The minimum Gasteiger partial charge on any atom is -0.157 e. The first-order chi connectivity index (χ1) is 1.89. The van der Waals surface area contributed by atoms with Crippen LogP contribution in [0.2, 0.25) is 12.6 Å². The third kappa shape index (κ3) is 0.483. The first-order valence-corrected chi connectivity index (χ1v) is 2.45. The Morgan fingerprint density at radius 3 is 1.75 bits per heavy atom. The summed E-state index contributed by atoms with van der Waals surface area (Å²) in [6.07, 6.45) is 2.81. The Morgan fingerprint density at radius 2 is 1.75 bits per heavy atom. The van der Waals surface area contributed by atoms with E-state index in [9.17, 15) is 0 Å². The van der Waals surface area contributed by atoms with Gasteiger partial charge in [0.15, 0.2) is 0 Å². The SMILES string of the molecule is BrB1CC1. The van der Waals surface area contributed by atoms with Gasteiger partial charge in [0.25, 0.3) is 0 Å². The van der Waals surface area contributed by atoms with E-state index < -0.39 is 0 Å². The van der Waals surface area contributed by atoms with E-state index in [1.165, 1.54) is 12.6 Å². The highest BCUT2D eigenvalue weighted by atomic mass is 79.9. The lowest BCUT2D eigenvalue weighted by Crippen LogP contribution is -1.53. The molecule has 0 bridgehead atoms. The van der Waals surface area contributed by atoms with Gasteiger partial charge in [-0.2, -0.15) is 15.8 Å². The van der Waals surface area contributed by atoms with E-state index >= 15 is 0 Å². The zero-order valence-corrected chi connectivity index (χ0v) is 3.96. The van der Waals surface area contributed by atoms with Gasteiger partial charge in [0.05, 0.1) is 0 Å². The Balaban J connectivity index is 2.17. The van der Waals surface area contributed by atoms with E-state index in [4.69, 9.17) is 0 Å². The topological polar surface area (TPSA) is 0 Å². The second-order valence-corrected chi connectivity index (χ2v) is 2.47. The summed E-state index contributed by atoms with van der Waals surface area (Å²) in [5.74, 6) is 0. The lowest BCUT2D eigenvalue weighted by atomic mass is 10.1. The van der Waals surface area contributed by atoms with Crippen molar-refractivity contribution in [1.82, 2.24) is 0 Å². The normalized spacial score (nSPS) is 21.8. The lowest BCUT2D eigenvalue weighted by Gasteiger charge is -1.42. The average Bonchev–Trinajstić information content (AvgIpc) is 1.75. The minimum absolute atomic E-state index is 0.896. The molecule has 0 nitrogen and oxygen atoms in total. The van der Waals surface area contributed by atoms with E-state index in [2.05, 4.69) is 15.8 Å². The number of halogens is 1. The quantitative estimate of drug-likeness (QED) is 0.422. The Kier molecular flexibility index (Phi) is 0.516. The molecule has 1 fully saturated rings. The van der Waals surface area contributed by atoms with Crippen LogP contribution < -0.4 is 0 Å². The molecule has 0 amide bonds. The molecule has 0 atom stereocenters. The van der Waals surface area contributed by atoms with Crippen molar-refractivity contribution in [2.75, 3.05) is 0 Å². The van der Waals surface area contributed by atoms with Crippen LogP contribution in [-0.4, -0.2) is 5.54 Å². The van der Waals surface area contributed by atoms with Gasteiger partial charge in [0, 0.05) is 0 Å². The van der Waals surface area contributed by atoms with Crippen LogP contribution in [0.25, 0.3) is 0 Å². The largest absolute Gasteiger partial charge is 0.221 e. The fourth-order valence-electron chi connectivity index (χ4n) is 0.0630. The van der Waals surface area contributed by atoms with Crippen molar-refractivity contribution in [2.45, 2.75) is 12.6 Å². The molecule has 4 heavy (non-hydrogen) atoms. The van der Waals surface area contributed by atoms with Crippen molar-refractivity contribution in [3.05, 3.63) is 0 Å². The third-order valence-electron chi connectivity index (χ3n) is 0.507. The van der Waals surface area contributed by atoms with E-state index in [0.29, 0.717) is 0 Å². The van der Waals surface area contributed by atoms with Gasteiger partial charge in [-0.3, -0.25) is 0 Å². The van der Waals surface area contributed by atoms with E-state index in [1.54, 1.807) is 0 Å². The van der Waals surface area contributed by atoms with Crippen molar-refractivity contribution >= 4 is 21.3 Å². The first-order valence-electron chi connectivity index (χ1n) is 1.53. The van der Waals surface area contributed by atoms with E-state index in [1.807, 2.05) is 0 Å². The van der Waals surface area contributed by atoms with E-state index in [0.717, 1.165) is 5.54 Å². The lowest BCUT2D eigenvalue weighted by molar-refractivity contribution is 1.69. The third-order valence-corrected chi connectivity index (χ3v) is 1.42. The summed E-state index contributed by atoms with van der Waals surface area (Å²) in [6.45, 7) is 0. The van der Waals surface area contributed by atoms with Crippen molar-refractivity contribution < 1.29 is 0 Å². The van der Waals surface area contributed by atoms with Crippen LogP contribution in [0.15, 0.2) is 0 Å². The van der Waals surface area contributed by atoms with Crippen molar-refractivity contribution in [2.24, 2.45) is 0 Å². The molecule has 1 aliphatic heterocycles. The maximum atomic E-state index is 3.38. The predicted molar refractivity (Wildman–Crippen MR) is 24.3 cm³/mol. The smallest absolute Gasteiger partial charge is 0.157 e.